The molecule has 2 aromatic rings. The molecular weight excluding hydrogens is 395 g/mol. The second-order valence-corrected chi connectivity index (χ2v) is 7.29. The molecule has 0 aromatic heterocycles. The molecule has 2 amide bonds. The zero-order valence-corrected chi connectivity index (χ0v) is 16.8. The zero-order valence-electron chi connectivity index (χ0n) is 16.0. The van der Waals surface area contributed by atoms with Gasteiger partial charge in [-0.05, 0) is 24.3 Å². The van der Waals surface area contributed by atoms with Gasteiger partial charge in [-0.15, -0.1) is 0 Å². The van der Waals surface area contributed by atoms with Crippen molar-refractivity contribution in [3.05, 3.63) is 64.9 Å². The number of piperazine rings is 1. The number of para-hydroxylation sites is 1. The summed E-state index contributed by atoms with van der Waals surface area (Å²) in [6, 6.07) is 14.5. The summed E-state index contributed by atoms with van der Waals surface area (Å²) in [5.41, 5.74) is 6.01. The molecule has 6 nitrogen and oxygen atoms in total. The van der Waals surface area contributed by atoms with Crippen molar-refractivity contribution in [3.63, 3.8) is 0 Å². The molecule has 1 heterocycles. The minimum atomic E-state index is -0.548. The number of hydrogen-bond acceptors (Lipinski definition) is 4. The number of halogens is 2. The van der Waals surface area contributed by atoms with E-state index in [1.165, 1.54) is 23.9 Å². The van der Waals surface area contributed by atoms with Crippen LogP contribution < -0.4 is 15.8 Å². The smallest absolute Gasteiger partial charge is 0.242 e. The highest BCUT2D eigenvalue weighted by molar-refractivity contribution is 6.31. The van der Waals surface area contributed by atoms with Crippen LogP contribution >= 0.6 is 11.6 Å². The first kappa shape index (κ1) is 21.1. The molecule has 0 aliphatic carbocycles. The van der Waals surface area contributed by atoms with Gasteiger partial charge in [0.2, 0.25) is 11.8 Å². The summed E-state index contributed by atoms with van der Waals surface area (Å²) in [6.45, 7) is 4.18. The number of rotatable bonds is 6. The van der Waals surface area contributed by atoms with E-state index in [0.29, 0.717) is 6.54 Å². The Bertz CT molecular complexity index is 822. The fourth-order valence-electron chi connectivity index (χ4n) is 3.24. The average molecular weight is 419 g/mol. The van der Waals surface area contributed by atoms with Crippen molar-refractivity contribution in [1.29, 1.82) is 0 Å². The third-order valence-corrected chi connectivity index (χ3v) is 5.24. The Morgan fingerprint density at radius 3 is 2.31 bits per heavy atom. The molecule has 2 aromatic carbocycles. The van der Waals surface area contributed by atoms with Gasteiger partial charge in [0, 0.05) is 55.4 Å². The number of nitrogens with one attached hydrogen (secondary N) is 2. The fourth-order valence-corrected chi connectivity index (χ4v) is 3.47. The Morgan fingerprint density at radius 2 is 1.62 bits per heavy atom. The van der Waals surface area contributed by atoms with Gasteiger partial charge in [0.1, 0.15) is 5.82 Å². The van der Waals surface area contributed by atoms with Gasteiger partial charge >= 0.3 is 0 Å². The molecule has 154 valence electrons. The van der Waals surface area contributed by atoms with Crippen LogP contribution in [0, 0.1) is 5.82 Å². The first-order valence-electron chi connectivity index (χ1n) is 9.56. The van der Waals surface area contributed by atoms with Crippen LogP contribution in [-0.2, 0) is 16.0 Å². The molecule has 0 unspecified atom stereocenters. The maximum absolute atomic E-state index is 13.7. The van der Waals surface area contributed by atoms with Crippen LogP contribution in [0.2, 0.25) is 5.02 Å². The van der Waals surface area contributed by atoms with Crippen molar-refractivity contribution in [2.24, 2.45) is 0 Å². The number of hydrogen-bond donors (Lipinski definition) is 2. The Morgan fingerprint density at radius 1 is 0.931 bits per heavy atom. The topological polar surface area (TPSA) is 64.7 Å². The average Bonchev–Trinajstić information content (AvgIpc) is 2.74. The fraction of sp³-hybridized carbons (Fsp3) is 0.333. The summed E-state index contributed by atoms with van der Waals surface area (Å²) in [6.07, 6.45) is 0.0271. The number of anilines is 1. The van der Waals surface area contributed by atoms with Crippen molar-refractivity contribution in [3.8, 4) is 0 Å². The summed E-state index contributed by atoms with van der Waals surface area (Å²) in [5.74, 6) is -1.36. The number of benzene rings is 2. The molecule has 1 saturated heterocycles. The van der Waals surface area contributed by atoms with E-state index in [1.54, 1.807) is 0 Å². The summed E-state index contributed by atoms with van der Waals surface area (Å²) in [4.78, 5) is 28.5. The number of amides is 2. The molecule has 1 aliphatic rings. The Kier molecular flexibility index (Phi) is 7.43. The van der Waals surface area contributed by atoms with E-state index >= 15 is 0 Å². The normalized spacial score (nSPS) is 14.5. The van der Waals surface area contributed by atoms with Crippen LogP contribution in [0.4, 0.5) is 10.1 Å². The summed E-state index contributed by atoms with van der Waals surface area (Å²) < 4.78 is 13.7. The lowest BCUT2D eigenvalue weighted by atomic mass is 10.1. The largest absolute Gasteiger partial charge is 0.369 e. The Hall–Kier alpha value is -2.64. The third-order valence-electron chi connectivity index (χ3n) is 4.89. The molecule has 1 aliphatic heterocycles. The van der Waals surface area contributed by atoms with Gasteiger partial charge in [-0.25, -0.2) is 4.39 Å². The maximum atomic E-state index is 13.7. The molecule has 0 saturated carbocycles. The molecular formula is C21H24ClFN4O2. The molecule has 3 rings (SSSR count). The summed E-state index contributed by atoms with van der Waals surface area (Å²) in [7, 11) is 0. The van der Waals surface area contributed by atoms with Crippen LogP contribution in [0.25, 0.3) is 0 Å². The van der Waals surface area contributed by atoms with Crippen molar-refractivity contribution in [2.75, 3.05) is 37.6 Å². The van der Waals surface area contributed by atoms with Gasteiger partial charge in [-0.3, -0.25) is 25.3 Å². The number of carbonyl (C=O) groups excluding carboxylic acids is 2. The van der Waals surface area contributed by atoms with Gasteiger partial charge in [0.05, 0.1) is 6.42 Å². The van der Waals surface area contributed by atoms with E-state index in [0.717, 1.165) is 26.2 Å². The molecule has 0 radical (unpaired) electrons. The quantitative estimate of drug-likeness (QED) is 0.707. The van der Waals surface area contributed by atoms with Crippen LogP contribution in [0.3, 0.4) is 0 Å². The number of nitrogens with zero attached hydrogens (tertiary/aromatic N) is 2. The number of carbonyl (C=O) groups is 2. The second-order valence-electron chi connectivity index (χ2n) is 6.89. The Balaban J connectivity index is 1.35. The van der Waals surface area contributed by atoms with E-state index in [9.17, 15) is 14.0 Å². The first-order chi connectivity index (χ1) is 14.0. The minimum Gasteiger partial charge on any atom is -0.369 e. The molecule has 1 fully saturated rings. The van der Waals surface area contributed by atoms with Gasteiger partial charge in [0.25, 0.3) is 0 Å². The van der Waals surface area contributed by atoms with E-state index in [2.05, 4.69) is 32.8 Å². The highest BCUT2D eigenvalue weighted by Gasteiger charge is 2.18. The van der Waals surface area contributed by atoms with E-state index in [4.69, 9.17) is 11.6 Å². The van der Waals surface area contributed by atoms with Crippen LogP contribution in [0.5, 0.6) is 0 Å². The second kappa shape index (κ2) is 10.2. The van der Waals surface area contributed by atoms with Crippen molar-refractivity contribution in [2.45, 2.75) is 12.8 Å². The van der Waals surface area contributed by atoms with Crippen molar-refractivity contribution >= 4 is 29.1 Å². The zero-order chi connectivity index (χ0) is 20.6. The summed E-state index contributed by atoms with van der Waals surface area (Å²) >= 11 is 5.91. The molecule has 29 heavy (non-hydrogen) atoms. The predicted octanol–water partition coefficient (Wildman–Crippen LogP) is 2.38. The maximum Gasteiger partial charge on any atom is 0.242 e. The predicted molar refractivity (Wildman–Crippen MR) is 111 cm³/mol. The standard InChI is InChI=1S/C21H24ClFN4O2/c22-18-7-4-8-19(23)17(18)15-21(29)25-24-20(28)9-10-26-11-13-27(14-12-26)16-5-2-1-3-6-16/h1-8H,9-15H2,(H,24,28)(H,25,29). The lowest BCUT2D eigenvalue weighted by molar-refractivity contribution is -0.128. The highest BCUT2D eigenvalue weighted by atomic mass is 35.5. The monoisotopic (exact) mass is 418 g/mol. The van der Waals surface area contributed by atoms with Gasteiger partial charge < -0.3 is 4.90 Å². The van der Waals surface area contributed by atoms with Gasteiger partial charge in [0.15, 0.2) is 0 Å². The Labute approximate surface area is 174 Å². The molecule has 2 N–H and O–H groups in total. The van der Waals surface area contributed by atoms with Crippen LogP contribution in [0.1, 0.15) is 12.0 Å². The molecule has 8 heteroatoms. The van der Waals surface area contributed by atoms with E-state index in [1.807, 2.05) is 18.2 Å². The van der Waals surface area contributed by atoms with E-state index in [-0.39, 0.29) is 29.3 Å². The third kappa shape index (κ3) is 6.17. The molecule has 0 atom stereocenters. The molecule has 0 spiro atoms. The van der Waals surface area contributed by atoms with Crippen LogP contribution in [0.15, 0.2) is 48.5 Å². The number of hydrazine groups is 1. The SMILES string of the molecule is O=C(CCN1CCN(c2ccccc2)CC1)NNC(=O)Cc1c(F)cccc1Cl. The van der Waals surface area contributed by atoms with Crippen LogP contribution in [-0.4, -0.2) is 49.4 Å². The van der Waals surface area contributed by atoms with Gasteiger partial charge in [-0.2, -0.15) is 0 Å². The summed E-state index contributed by atoms with van der Waals surface area (Å²) in [5, 5.41) is 0.182. The highest BCUT2D eigenvalue weighted by Crippen LogP contribution is 2.19. The molecule has 0 bridgehead atoms. The first-order valence-corrected chi connectivity index (χ1v) is 9.93. The lowest BCUT2D eigenvalue weighted by Gasteiger charge is -2.36. The van der Waals surface area contributed by atoms with E-state index < -0.39 is 11.7 Å². The van der Waals surface area contributed by atoms with Crippen molar-refractivity contribution < 1.29 is 14.0 Å². The van der Waals surface area contributed by atoms with Gasteiger partial charge in [-0.1, -0.05) is 35.9 Å². The lowest BCUT2D eigenvalue weighted by Crippen LogP contribution is -2.48. The van der Waals surface area contributed by atoms with Crippen molar-refractivity contribution in [1.82, 2.24) is 15.8 Å². The minimum absolute atomic E-state index is 0.109.